The molecule has 5 nitrogen and oxygen atoms in total. The second kappa shape index (κ2) is 7.39. The summed E-state index contributed by atoms with van der Waals surface area (Å²) in [4.78, 5) is 12.1. The highest BCUT2D eigenvalue weighted by Gasteiger charge is 2.46. The number of fused-ring (bicyclic) bond motifs is 1. The van der Waals surface area contributed by atoms with E-state index in [4.69, 9.17) is 0 Å². The summed E-state index contributed by atoms with van der Waals surface area (Å²) in [6.45, 7) is 2.46. The van der Waals surface area contributed by atoms with E-state index in [1.165, 1.54) is 6.07 Å². The van der Waals surface area contributed by atoms with Crippen molar-refractivity contribution in [2.45, 2.75) is 44.4 Å². The smallest absolute Gasteiger partial charge is 0.363 e. The van der Waals surface area contributed by atoms with Gasteiger partial charge in [0.2, 0.25) is 0 Å². The van der Waals surface area contributed by atoms with Crippen LogP contribution in [0, 0.1) is 0 Å². The molecule has 0 spiro atoms. The molecule has 0 radical (unpaired) electrons. The number of benzene rings is 1. The standard InChI is InChI=1S/C18H21F3N4O/c1-2-3-9-22-17(26)14-11-16-23-13(12-7-5-4-6-8-12)10-15(18(19,20)21)25(16)24-14/h4-8,11,13,15,23H,2-3,9-10H2,1H3,(H,22,26)/t13-,15-/m1/s1. The molecule has 1 aliphatic rings. The van der Waals surface area contributed by atoms with Gasteiger partial charge in [-0.2, -0.15) is 18.3 Å². The predicted molar refractivity (Wildman–Crippen MR) is 92.0 cm³/mol. The molecule has 2 heterocycles. The quantitative estimate of drug-likeness (QED) is 0.784. The summed E-state index contributed by atoms with van der Waals surface area (Å²) < 4.78 is 41.6. The van der Waals surface area contributed by atoms with Gasteiger partial charge in [-0.1, -0.05) is 43.7 Å². The molecule has 0 bridgehead atoms. The van der Waals surface area contributed by atoms with Crippen molar-refractivity contribution in [2.24, 2.45) is 0 Å². The van der Waals surface area contributed by atoms with Crippen LogP contribution in [-0.4, -0.2) is 28.4 Å². The van der Waals surface area contributed by atoms with Crippen molar-refractivity contribution in [1.29, 1.82) is 0 Å². The third kappa shape index (κ3) is 3.84. The van der Waals surface area contributed by atoms with Crippen molar-refractivity contribution in [3.63, 3.8) is 0 Å². The largest absolute Gasteiger partial charge is 0.410 e. The lowest BCUT2D eigenvalue weighted by Gasteiger charge is -2.33. The molecule has 0 saturated carbocycles. The monoisotopic (exact) mass is 366 g/mol. The second-order valence-corrected chi connectivity index (χ2v) is 6.37. The number of nitrogens with one attached hydrogen (secondary N) is 2. The average molecular weight is 366 g/mol. The fourth-order valence-electron chi connectivity index (χ4n) is 3.06. The highest BCUT2D eigenvalue weighted by molar-refractivity contribution is 5.93. The summed E-state index contributed by atoms with van der Waals surface area (Å²) in [7, 11) is 0. The van der Waals surface area contributed by atoms with Crippen LogP contribution in [0.2, 0.25) is 0 Å². The zero-order chi connectivity index (χ0) is 18.7. The number of amides is 1. The molecule has 0 fully saturated rings. The highest BCUT2D eigenvalue weighted by atomic mass is 19.4. The van der Waals surface area contributed by atoms with Crippen molar-refractivity contribution in [3.05, 3.63) is 47.7 Å². The highest BCUT2D eigenvalue weighted by Crippen LogP contribution is 2.43. The average Bonchev–Trinajstić information content (AvgIpc) is 3.05. The first-order valence-electron chi connectivity index (χ1n) is 8.66. The van der Waals surface area contributed by atoms with Crippen LogP contribution in [0.5, 0.6) is 0 Å². The number of alkyl halides is 3. The van der Waals surface area contributed by atoms with Gasteiger partial charge in [-0.25, -0.2) is 4.68 Å². The van der Waals surface area contributed by atoms with Crippen LogP contribution in [0.3, 0.4) is 0 Å². The number of nitrogens with zero attached hydrogens (tertiary/aromatic N) is 2. The molecule has 2 N–H and O–H groups in total. The maximum atomic E-state index is 13.6. The SMILES string of the molecule is CCCCNC(=O)c1cc2n(n1)[C@@H](C(F)(F)F)C[C@H](c1ccccc1)N2. The van der Waals surface area contributed by atoms with Gasteiger partial charge in [-0.05, 0) is 12.0 Å². The van der Waals surface area contributed by atoms with E-state index in [0.29, 0.717) is 6.54 Å². The fraction of sp³-hybridized carbons (Fsp3) is 0.444. The van der Waals surface area contributed by atoms with E-state index in [0.717, 1.165) is 23.1 Å². The van der Waals surface area contributed by atoms with Crippen LogP contribution in [0.25, 0.3) is 0 Å². The minimum absolute atomic E-state index is 0.00781. The topological polar surface area (TPSA) is 59.0 Å². The summed E-state index contributed by atoms with van der Waals surface area (Å²) in [5.41, 5.74) is 0.759. The Labute approximate surface area is 149 Å². The Balaban J connectivity index is 1.88. The van der Waals surface area contributed by atoms with E-state index < -0.39 is 24.2 Å². The van der Waals surface area contributed by atoms with Gasteiger partial charge in [-0.3, -0.25) is 4.79 Å². The zero-order valence-electron chi connectivity index (χ0n) is 14.4. The Bertz CT molecular complexity index is 758. The molecule has 3 rings (SSSR count). The first kappa shape index (κ1) is 18.3. The summed E-state index contributed by atoms with van der Waals surface area (Å²) in [6.07, 6.45) is -2.92. The lowest BCUT2D eigenvalue weighted by molar-refractivity contribution is -0.173. The molecule has 26 heavy (non-hydrogen) atoms. The molecule has 0 saturated heterocycles. The second-order valence-electron chi connectivity index (χ2n) is 6.37. The van der Waals surface area contributed by atoms with Gasteiger partial charge in [-0.15, -0.1) is 0 Å². The van der Waals surface area contributed by atoms with E-state index in [1.807, 2.05) is 13.0 Å². The van der Waals surface area contributed by atoms with E-state index in [2.05, 4.69) is 15.7 Å². The third-order valence-electron chi connectivity index (χ3n) is 4.44. The number of unbranched alkanes of at least 4 members (excludes halogenated alkanes) is 1. The molecule has 2 atom stereocenters. The normalized spacial score (nSPS) is 19.5. The number of halogens is 3. The maximum absolute atomic E-state index is 13.6. The Morgan fingerprint density at radius 3 is 2.73 bits per heavy atom. The van der Waals surface area contributed by atoms with E-state index in [9.17, 15) is 18.0 Å². The van der Waals surface area contributed by atoms with Gasteiger partial charge >= 0.3 is 6.18 Å². The molecular weight excluding hydrogens is 345 g/mol. The Kier molecular flexibility index (Phi) is 5.20. The number of carbonyl (C=O) groups is 1. The summed E-state index contributed by atoms with van der Waals surface area (Å²) >= 11 is 0. The third-order valence-corrected chi connectivity index (χ3v) is 4.44. The minimum Gasteiger partial charge on any atom is -0.363 e. The van der Waals surface area contributed by atoms with Crippen molar-refractivity contribution in [2.75, 3.05) is 11.9 Å². The first-order chi connectivity index (χ1) is 12.4. The molecule has 0 unspecified atom stereocenters. The first-order valence-corrected chi connectivity index (χ1v) is 8.66. The molecular formula is C18H21F3N4O. The van der Waals surface area contributed by atoms with Crippen molar-refractivity contribution >= 4 is 11.7 Å². The molecule has 1 amide bonds. The van der Waals surface area contributed by atoms with Crippen LogP contribution in [0.15, 0.2) is 36.4 Å². The Hall–Kier alpha value is -2.51. The molecule has 8 heteroatoms. The fourth-order valence-corrected chi connectivity index (χ4v) is 3.06. The number of rotatable bonds is 5. The number of anilines is 1. The van der Waals surface area contributed by atoms with Gasteiger partial charge < -0.3 is 10.6 Å². The van der Waals surface area contributed by atoms with E-state index in [1.54, 1.807) is 24.3 Å². The van der Waals surface area contributed by atoms with Crippen molar-refractivity contribution in [3.8, 4) is 0 Å². The lowest BCUT2D eigenvalue weighted by atomic mass is 9.97. The van der Waals surface area contributed by atoms with Crippen molar-refractivity contribution < 1.29 is 18.0 Å². The van der Waals surface area contributed by atoms with Crippen LogP contribution >= 0.6 is 0 Å². The van der Waals surface area contributed by atoms with Crippen molar-refractivity contribution in [1.82, 2.24) is 15.1 Å². The van der Waals surface area contributed by atoms with Gasteiger partial charge in [0.1, 0.15) is 5.82 Å². The maximum Gasteiger partial charge on any atom is 0.410 e. The summed E-state index contributed by atoms with van der Waals surface area (Å²) in [5, 5.41) is 9.69. The summed E-state index contributed by atoms with van der Waals surface area (Å²) in [6, 6.07) is 8.08. The van der Waals surface area contributed by atoms with Gasteiger partial charge in [0.05, 0.1) is 6.04 Å². The molecule has 2 aromatic rings. The molecule has 140 valence electrons. The van der Waals surface area contributed by atoms with Crippen LogP contribution in [0.1, 0.15) is 54.3 Å². The number of hydrogen-bond acceptors (Lipinski definition) is 3. The minimum atomic E-state index is -4.45. The molecule has 1 aromatic heterocycles. The zero-order valence-corrected chi connectivity index (χ0v) is 14.4. The molecule has 0 aliphatic carbocycles. The van der Waals surface area contributed by atoms with Crippen LogP contribution < -0.4 is 10.6 Å². The van der Waals surface area contributed by atoms with E-state index >= 15 is 0 Å². The van der Waals surface area contributed by atoms with Crippen LogP contribution in [-0.2, 0) is 0 Å². The van der Waals surface area contributed by atoms with Gasteiger partial charge in [0, 0.05) is 19.0 Å². The number of aromatic nitrogens is 2. The number of carbonyl (C=O) groups excluding carboxylic acids is 1. The Morgan fingerprint density at radius 2 is 2.08 bits per heavy atom. The molecule has 1 aliphatic heterocycles. The van der Waals surface area contributed by atoms with Crippen LogP contribution in [0.4, 0.5) is 19.0 Å². The van der Waals surface area contributed by atoms with Gasteiger partial charge in [0.25, 0.3) is 5.91 Å². The lowest BCUT2D eigenvalue weighted by Crippen LogP contribution is -2.35. The number of hydrogen-bond donors (Lipinski definition) is 2. The Morgan fingerprint density at radius 1 is 1.35 bits per heavy atom. The summed E-state index contributed by atoms with van der Waals surface area (Å²) in [5.74, 6) is -0.257. The molecule has 1 aromatic carbocycles. The van der Waals surface area contributed by atoms with Gasteiger partial charge in [0.15, 0.2) is 11.7 Å². The van der Waals surface area contributed by atoms with E-state index in [-0.39, 0.29) is 17.9 Å². The predicted octanol–water partition coefficient (Wildman–Crippen LogP) is 4.07.